The number of ether oxygens (including phenoxy) is 3. The van der Waals surface area contributed by atoms with Crippen molar-refractivity contribution in [3.05, 3.63) is 59.8 Å². The van der Waals surface area contributed by atoms with Gasteiger partial charge in [0.2, 0.25) is 0 Å². The largest absolute Gasteiger partial charge is 0.494 e. The molecule has 1 N–H and O–H groups in total. The Morgan fingerprint density at radius 2 is 1.61 bits per heavy atom. The van der Waals surface area contributed by atoms with Gasteiger partial charge in [0.1, 0.15) is 17.2 Å². The van der Waals surface area contributed by atoms with Crippen LogP contribution < -0.4 is 14.8 Å². The van der Waals surface area contributed by atoms with Gasteiger partial charge in [-0.3, -0.25) is 14.5 Å². The molecule has 1 aliphatic rings. The summed E-state index contributed by atoms with van der Waals surface area (Å²) in [4.78, 5) is 28.0. The Morgan fingerprint density at radius 3 is 2.30 bits per heavy atom. The van der Waals surface area contributed by atoms with Crippen LogP contribution in [0.5, 0.6) is 11.5 Å². The Kier molecular flexibility index (Phi) is 8.89. The first-order chi connectivity index (χ1) is 16.1. The van der Waals surface area contributed by atoms with Gasteiger partial charge >= 0.3 is 0 Å². The third kappa shape index (κ3) is 5.93. The average molecular weight is 453 g/mol. The van der Waals surface area contributed by atoms with E-state index in [4.69, 9.17) is 14.2 Å². The predicted molar refractivity (Wildman–Crippen MR) is 128 cm³/mol. The first kappa shape index (κ1) is 24.3. The van der Waals surface area contributed by atoms with Crippen LogP contribution in [-0.2, 0) is 14.3 Å². The van der Waals surface area contributed by atoms with Gasteiger partial charge in [-0.2, -0.15) is 0 Å². The van der Waals surface area contributed by atoms with Gasteiger partial charge in [0.05, 0.1) is 24.5 Å². The van der Waals surface area contributed by atoms with E-state index in [-0.39, 0.29) is 24.1 Å². The number of nitrogens with one attached hydrogen (secondary N) is 1. The summed E-state index contributed by atoms with van der Waals surface area (Å²) in [6.07, 6.45) is 1.48. The van der Waals surface area contributed by atoms with Crippen LogP contribution in [0.1, 0.15) is 39.2 Å². The van der Waals surface area contributed by atoms with Gasteiger partial charge in [-0.25, -0.2) is 0 Å². The fourth-order valence-electron chi connectivity index (χ4n) is 3.56. The third-order valence-corrected chi connectivity index (χ3v) is 5.10. The summed E-state index contributed by atoms with van der Waals surface area (Å²) >= 11 is 0. The Hall–Kier alpha value is -3.32. The molecule has 0 saturated carbocycles. The monoisotopic (exact) mass is 452 g/mol. The summed E-state index contributed by atoms with van der Waals surface area (Å²) in [5, 5.41) is 3.18. The van der Waals surface area contributed by atoms with Gasteiger partial charge in [0.25, 0.3) is 11.8 Å². The predicted octanol–water partition coefficient (Wildman–Crippen LogP) is 4.49. The lowest BCUT2D eigenvalue weighted by Gasteiger charge is -2.16. The molecular weight excluding hydrogens is 420 g/mol. The highest BCUT2D eigenvalue weighted by Gasteiger charge is 2.39. The quantitative estimate of drug-likeness (QED) is 0.356. The Balaban J connectivity index is 1.94. The Labute approximate surface area is 195 Å². The van der Waals surface area contributed by atoms with Crippen molar-refractivity contribution in [2.45, 2.75) is 33.6 Å². The molecule has 0 aliphatic carbocycles. The first-order valence-corrected chi connectivity index (χ1v) is 11.5. The molecule has 0 spiro atoms. The van der Waals surface area contributed by atoms with Gasteiger partial charge in [0.15, 0.2) is 0 Å². The molecule has 3 rings (SSSR count). The number of benzene rings is 2. The normalized spacial score (nSPS) is 13.6. The van der Waals surface area contributed by atoms with Crippen molar-refractivity contribution in [1.29, 1.82) is 0 Å². The van der Waals surface area contributed by atoms with Crippen molar-refractivity contribution in [3.63, 3.8) is 0 Å². The summed E-state index contributed by atoms with van der Waals surface area (Å²) in [5.41, 5.74) is 1.86. The van der Waals surface area contributed by atoms with E-state index < -0.39 is 0 Å². The minimum Gasteiger partial charge on any atom is -0.494 e. The summed E-state index contributed by atoms with van der Waals surface area (Å²) in [6.45, 7) is 8.33. The zero-order chi connectivity index (χ0) is 23.6. The number of para-hydroxylation sites is 2. The molecule has 2 aromatic carbocycles. The van der Waals surface area contributed by atoms with E-state index >= 15 is 0 Å². The highest BCUT2D eigenvalue weighted by molar-refractivity contribution is 6.36. The molecule has 7 heteroatoms. The maximum absolute atomic E-state index is 13.4. The molecule has 0 aromatic heterocycles. The third-order valence-electron chi connectivity index (χ3n) is 5.10. The summed E-state index contributed by atoms with van der Waals surface area (Å²) < 4.78 is 16.7. The van der Waals surface area contributed by atoms with Crippen LogP contribution in [0.25, 0.3) is 5.57 Å². The summed E-state index contributed by atoms with van der Waals surface area (Å²) in [7, 11) is 0. The number of amides is 2. The Morgan fingerprint density at radius 1 is 0.848 bits per heavy atom. The van der Waals surface area contributed by atoms with Crippen molar-refractivity contribution in [2.75, 3.05) is 38.3 Å². The second-order valence-corrected chi connectivity index (χ2v) is 7.49. The van der Waals surface area contributed by atoms with Crippen molar-refractivity contribution in [2.24, 2.45) is 0 Å². The number of rotatable bonds is 13. The fourth-order valence-corrected chi connectivity index (χ4v) is 3.56. The van der Waals surface area contributed by atoms with E-state index in [0.29, 0.717) is 55.4 Å². The number of imide groups is 1. The van der Waals surface area contributed by atoms with Crippen LogP contribution >= 0.6 is 0 Å². The second-order valence-electron chi connectivity index (χ2n) is 7.49. The van der Waals surface area contributed by atoms with Crippen molar-refractivity contribution < 1.29 is 23.8 Å². The van der Waals surface area contributed by atoms with Gasteiger partial charge in [-0.05, 0) is 56.5 Å². The number of hydrogen-bond acceptors (Lipinski definition) is 6. The number of hydrogen-bond donors (Lipinski definition) is 1. The highest BCUT2D eigenvalue weighted by Crippen LogP contribution is 2.34. The zero-order valence-corrected chi connectivity index (χ0v) is 19.6. The number of carbonyl (C=O) groups is 2. The van der Waals surface area contributed by atoms with Gasteiger partial charge < -0.3 is 19.5 Å². The summed E-state index contributed by atoms with van der Waals surface area (Å²) in [5.74, 6) is 0.659. The smallest absolute Gasteiger partial charge is 0.278 e. The minimum atomic E-state index is -0.357. The van der Waals surface area contributed by atoms with Crippen molar-refractivity contribution in [1.82, 2.24) is 4.90 Å². The lowest BCUT2D eigenvalue weighted by atomic mass is 10.0. The van der Waals surface area contributed by atoms with Gasteiger partial charge in [0, 0.05) is 19.8 Å². The lowest BCUT2D eigenvalue weighted by Crippen LogP contribution is -2.34. The fraction of sp³-hybridized carbons (Fsp3) is 0.385. The lowest BCUT2D eigenvalue weighted by molar-refractivity contribution is -0.137. The van der Waals surface area contributed by atoms with Gasteiger partial charge in [-0.1, -0.05) is 31.2 Å². The molecule has 0 atom stereocenters. The summed E-state index contributed by atoms with van der Waals surface area (Å²) in [6, 6.07) is 14.6. The van der Waals surface area contributed by atoms with Crippen LogP contribution in [0.15, 0.2) is 54.2 Å². The molecule has 0 radical (unpaired) electrons. The molecule has 176 valence electrons. The van der Waals surface area contributed by atoms with Gasteiger partial charge in [-0.15, -0.1) is 0 Å². The minimum absolute atomic E-state index is 0.241. The molecule has 7 nitrogen and oxygen atoms in total. The first-order valence-electron chi connectivity index (χ1n) is 11.5. The molecule has 2 amide bonds. The average Bonchev–Trinajstić information content (AvgIpc) is 3.06. The zero-order valence-electron chi connectivity index (χ0n) is 19.6. The highest BCUT2D eigenvalue weighted by atomic mass is 16.5. The Bertz CT molecular complexity index is 984. The maximum atomic E-state index is 13.4. The number of carbonyl (C=O) groups excluding carboxylic acids is 2. The molecule has 1 heterocycles. The van der Waals surface area contributed by atoms with Crippen LogP contribution in [0.2, 0.25) is 0 Å². The van der Waals surface area contributed by atoms with Crippen molar-refractivity contribution >= 4 is 23.1 Å². The molecule has 0 fully saturated rings. The molecule has 33 heavy (non-hydrogen) atoms. The molecule has 0 unspecified atom stereocenters. The second kappa shape index (κ2) is 12.1. The van der Waals surface area contributed by atoms with Crippen LogP contribution in [-0.4, -0.2) is 49.7 Å². The molecule has 1 aliphatic heterocycles. The molecule has 0 bridgehead atoms. The topological polar surface area (TPSA) is 77.1 Å². The van der Waals surface area contributed by atoms with E-state index in [0.717, 1.165) is 12.2 Å². The van der Waals surface area contributed by atoms with E-state index in [9.17, 15) is 9.59 Å². The standard InChI is InChI=1S/C26H32N2O5/c1-4-17-33-20-14-12-19(13-15-20)23-24(27-21-10-7-8-11-22(21)32-6-3)26(30)28(25(23)29)16-9-18-31-5-2/h7-8,10-15,27H,4-6,9,16-18H2,1-3H3. The van der Waals surface area contributed by atoms with E-state index in [1.165, 1.54) is 4.90 Å². The van der Waals surface area contributed by atoms with E-state index in [1.807, 2.05) is 69.3 Å². The van der Waals surface area contributed by atoms with Crippen molar-refractivity contribution in [3.8, 4) is 11.5 Å². The van der Waals surface area contributed by atoms with Crippen LogP contribution in [0.3, 0.4) is 0 Å². The van der Waals surface area contributed by atoms with E-state index in [2.05, 4.69) is 5.32 Å². The SMILES string of the molecule is CCCOc1ccc(C2=C(Nc3ccccc3OCC)C(=O)N(CCCOCC)C2=O)cc1. The molecular formula is C26H32N2O5. The maximum Gasteiger partial charge on any atom is 0.278 e. The van der Waals surface area contributed by atoms with E-state index in [1.54, 1.807) is 0 Å². The number of nitrogens with zero attached hydrogens (tertiary/aromatic N) is 1. The van der Waals surface area contributed by atoms with Crippen LogP contribution in [0.4, 0.5) is 5.69 Å². The van der Waals surface area contributed by atoms with Crippen LogP contribution in [0, 0.1) is 0 Å². The molecule has 2 aromatic rings. The number of anilines is 1. The molecule has 0 saturated heterocycles.